The molecular formula is C26H25N2+. The van der Waals surface area contributed by atoms with E-state index in [1.54, 1.807) is 0 Å². The third kappa shape index (κ3) is 2.27. The van der Waals surface area contributed by atoms with Gasteiger partial charge in [0.25, 0.3) is 0 Å². The van der Waals surface area contributed by atoms with Gasteiger partial charge in [0.05, 0.1) is 11.3 Å². The maximum Gasteiger partial charge on any atom is 0.213 e. The molecule has 0 saturated carbocycles. The van der Waals surface area contributed by atoms with E-state index >= 15 is 0 Å². The van der Waals surface area contributed by atoms with Gasteiger partial charge in [-0.3, -0.25) is 4.98 Å². The van der Waals surface area contributed by atoms with E-state index in [1.165, 1.54) is 50.0 Å². The monoisotopic (exact) mass is 365 g/mol. The zero-order chi connectivity index (χ0) is 19.6. The van der Waals surface area contributed by atoms with Gasteiger partial charge in [-0.25, -0.2) is 4.57 Å². The number of benzene rings is 2. The van der Waals surface area contributed by atoms with Gasteiger partial charge >= 0.3 is 0 Å². The van der Waals surface area contributed by atoms with Crippen LogP contribution in [-0.2, 0) is 12.5 Å². The minimum Gasteiger partial charge on any atom is -0.257 e. The van der Waals surface area contributed by atoms with Crippen molar-refractivity contribution in [1.29, 1.82) is 0 Å². The third-order valence-electron chi connectivity index (χ3n) is 6.21. The third-order valence-corrected chi connectivity index (χ3v) is 6.21. The van der Waals surface area contributed by atoms with E-state index < -0.39 is 0 Å². The van der Waals surface area contributed by atoms with Crippen molar-refractivity contribution in [2.75, 3.05) is 0 Å². The van der Waals surface area contributed by atoms with Gasteiger partial charge in [0.2, 0.25) is 5.69 Å². The number of rotatable bonds is 1. The summed E-state index contributed by atoms with van der Waals surface area (Å²) in [5, 5.41) is 2.54. The Morgan fingerprint density at radius 3 is 2.36 bits per heavy atom. The molecule has 0 radical (unpaired) electrons. The minimum atomic E-state index is -0.128. The lowest BCUT2D eigenvalue weighted by atomic mass is 9.80. The Hall–Kier alpha value is -3.00. The molecular weight excluding hydrogens is 340 g/mol. The minimum absolute atomic E-state index is 0.128. The molecule has 28 heavy (non-hydrogen) atoms. The highest BCUT2D eigenvalue weighted by Crippen LogP contribution is 2.51. The molecule has 5 rings (SSSR count). The lowest BCUT2D eigenvalue weighted by molar-refractivity contribution is -0.659. The zero-order valence-corrected chi connectivity index (χ0v) is 17.2. The van der Waals surface area contributed by atoms with Crippen LogP contribution in [0.25, 0.3) is 33.2 Å². The standard InChI is InChI=1S/C26H25N2/c1-16-10-12-20-21-13-11-17(2)27-25(21)26(3,4)24(20)23(16)22-14-18-8-6-7-9-19(18)15-28(22)5/h6-15H,1-5H3/q+1. The molecule has 0 aliphatic heterocycles. The Morgan fingerprint density at radius 2 is 1.57 bits per heavy atom. The Morgan fingerprint density at radius 1 is 0.857 bits per heavy atom. The number of pyridine rings is 2. The van der Waals surface area contributed by atoms with Crippen LogP contribution in [0.15, 0.2) is 60.8 Å². The van der Waals surface area contributed by atoms with E-state index in [1.807, 2.05) is 0 Å². The molecule has 1 aliphatic rings. The largest absolute Gasteiger partial charge is 0.257 e. The van der Waals surface area contributed by atoms with Gasteiger partial charge < -0.3 is 0 Å². The molecule has 0 bridgehead atoms. The number of aromatic nitrogens is 2. The number of fused-ring (bicyclic) bond motifs is 4. The molecule has 0 unspecified atom stereocenters. The Labute approximate surface area is 166 Å². The molecule has 0 amide bonds. The van der Waals surface area contributed by atoms with Crippen LogP contribution in [0.5, 0.6) is 0 Å². The highest BCUT2D eigenvalue weighted by Gasteiger charge is 2.41. The maximum absolute atomic E-state index is 4.95. The van der Waals surface area contributed by atoms with E-state index in [9.17, 15) is 0 Å². The van der Waals surface area contributed by atoms with E-state index in [0.29, 0.717) is 0 Å². The fourth-order valence-electron chi connectivity index (χ4n) is 4.82. The Kier molecular flexibility index (Phi) is 3.51. The fourth-order valence-corrected chi connectivity index (χ4v) is 4.82. The summed E-state index contributed by atoms with van der Waals surface area (Å²) in [5.41, 5.74) is 10.0. The average molecular weight is 366 g/mol. The van der Waals surface area contributed by atoms with E-state index in [0.717, 1.165) is 5.69 Å². The quantitative estimate of drug-likeness (QED) is 0.398. The molecule has 0 saturated heterocycles. The first-order chi connectivity index (χ1) is 13.4. The molecule has 2 heterocycles. The van der Waals surface area contributed by atoms with Crippen LogP contribution in [0.4, 0.5) is 0 Å². The number of aryl methyl sites for hydroxylation is 3. The Bertz CT molecular complexity index is 1270. The molecule has 1 aliphatic carbocycles. The summed E-state index contributed by atoms with van der Waals surface area (Å²) in [4.78, 5) is 4.95. The summed E-state index contributed by atoms with van der Waals surface area (Å²) < 4.78 is 2.27. The lowest BCUT2D eigenvalue weighted by Crippen LogP contribution is -2.32. The molecule has 0 N–H and O–H groups in total. The second-order valence-electron chi connectivity index (χ2n) is 8.55. The van der Waals surface area contributed by atoms with Crippen molar-refractivity contribution < 1.29 is 4.57 Å². The van der Waals surface area contributed by atoms with Gasteiger partial charge in [0, 0.05) is 28.1 Å². The van der Waals surface area contributed by atoms with Gasteiger partial charge in [0.1, 0.15) is 7.05 Å². The molecule has 2 aromatic carbocycles. The predicted molar refractivity (Wildman–Crippen MR) is 115 cm³/mol. The van der Waals surface area contributed by atoms with Crippen molar-refractivity contribution in [1.82, 2.24) is 4.98 Å². The Balaban J connectivity index is 1.87. The first kappa shape index (κ1) is 17.1. The smallest absolute Gasteiger partial charge is 0.213 e. The molecule has 2 aromatic heterocycles. The van der Waals surface area contributed by atoms with Crippen LogP contribution in [0, 0.1) is 13.8 Å². The molecule has 138 valence electrons. The second-order valence-corrected chi connectivity index (χ2v) is 8.55. The summed E-state index contributed by atoms with van der Waals surface area (Å²) in [6.07, 6.45) is 2.24. The molecule has 0 atom stereocenters. The highest BCUT2D eigenvalue weighted by atomic mass is 14.9. The van der Waals surface area contributed by atoms with Crippen LogP contribution < -0.4 is 4.57 Å². The van der Waals surface area contributed by atoms with Gasteiger partial charge in [0.15, 0.2) is 6.20 Å². The topological polar surface area (TPSA) is 16.8 Å². The van der Waals surface area contributed by atoms with E-state index in [4.69, 9.17) is 4.98 Å². The van der Waals surface area contributed by atoms with Crippen molar-refractivity contribution in [2.24, 2.45) is 7.05 Å². The normalized spacial score (nSPS) is 14.2. The highest BCUT2D eigenvalue weighted by molar-refractivity contribution is 5.90. The molecule has 0 fully saturated rings. The number of hydrogen-bond donors (Lipinski definition) is 0. The van der Waals surface area contributed by atoms with Crippen LogP contribution in [0.2, 0.25) is 0 Å². The SMILES string of the molecule is Cc1ccc2c(n1)C(C)(C)c1c-2ccc(C)c1-c1cc2ccccc2c[n+]1C. The summed E-state index contributed by atoms with van der Waals surface area (Å²) in [6.45, 7) is 8.93. The summed E-state index contributed by atoms with van der Waals surface area (Å²) in [5.74, 6) is 0. The molecule has 2 nitrogen and oxygen atoms in total. The molecule has 2 heteroatoms. The van der Waals surface area contributed by atoms with Crippen molar-refractivity contribution in [3.05, 3.63) is 83.3 Å². The van der Waals surface area contributed by atoms with E-state index in [-0.39, 0.29) is 5.41 Å². The van der Waals surface area contributed by atoms with Gasteiger partial charge in [-0.15, -0.1) is 0 Å². The first-order valence-corrected chi connectivity index (χ1v) is 9.89. The van der Waals surface area contributed by atoms with Crippen molar-refractivity contribution in [2.45, 2.75) is 33.1 Å². The van der Waals surface area contributed by atoms with Crippen LogP contribution in [-0.4, -0.2) is 4.98 Å². The summed E-state index contributed by atoms with van der Waals surface area (Å²) >= 11 is 0. The number of nitrogens with zero attached hydrogens (tertiary/aromatic N) is 2. The number of hydrogen-bond acceptors (Lipinski definition) is 1. The van der Waals surface area contributed by atoms with Crippen molar-refractivity contribution >= 4 is 10.8 Å². The average Bonchev–Trinajstić information content (AvgIpc) is 2.89. The second kappa shape index (κ2) is 5.75. The zero-order valence-electron chi connectivity index (χ0n) is 17.2. The fraction of sp³-hybridized carbons (Fsp3) is 0.231. The van der Waals surface area contributed by atoms with E-state index in [2.05, 4.69) is 100 Å². The van der Waals surface area contributed by atoms with Crippen molar-refractivity contribution in [3.63, 3.8) is 0 Å². The van der Waals surface area contributed by atoms with Gasteiger partial charge in [-0.2, -0.15) is 0 Å². The van der Waals surface area contributed by atoms with Crippen LogP contribution in [0.1, 0.15) is 36.4 Å². The lowest BCUT2D eigenvalue weighted by Gasteiger charge is -2.24. The predicted octanol–water partition coefficient (Wildman–Crippen LogP) is 5.65. The van der Waals surface area contributed by atoms with Gasteiger partial charge in [-0.05, 0) is 48.1 Å². The first-order valence-electron chi connectivity index (χ1n) is 9.89. The summed E-state index contributed by atoms with van der Waals surface area (Å²) in [7, 11) is 2.15. The maximum atomic E-state index is 4.95. The molecule has 0 spiro atoms. The van der Waals surface area contributed by atoms with Crippen LogP contribution in [0.3, 0.4) is 0 Å². The van der Waals surface area contributed by atoms with Crippen molar-refractivity contribution in [3.8, 4) is 22.4 Å². The molecule has 4 aromatic rings. The van der Waals surface area contributed by atoms with Gasteiger partial charge in [-0.1, -0.05) is 50.2 Å². The summed E-state index contributed by atoms with van der Waals surface area (Å²) in [6, 6.07) is 19.8. The van der Waals surface area contributed by atoms with Crippen LogP contribution >= 0.6 is 0 Å².